The fraction of sp³-hybridized carbons (Fsp3) is 0.889. The molecule has 1 amide bonds. The van der Waals surface area contributed by atoms with Crippen LogP contribution < -0.4 is 11.1 Å². The molecule has 0 aromatic rings. The largest absolute Gasteiger partial charge is 0.391 e. The number of nitrogens with two attached hydrogens (primary N) is 1. The molecule has 1 fully saturated rings. The van der Waals surface area contributed by atoms with E-state index in [1.807, 2.05) is 0 Å². The van der Waals surface area contributed by atoms with Crippen LogP contribution in [0.5, 0.6) is 0 Å². The molecule has 3 atom stereocenters. The van der Waals surface area contributed by atoms with Gasteiger partial charge < -0.3 is 16.2 Å². The number of aliphatic hydroxyl groups is 1. The molecule has 13 heavy (non-hydrogen) atoms. The summed E-state index contributed by atoms with van der Waals surface area (Å²) in [7, 11) is 0. The predicted octanol–water partition coefficient (Wildman–Crippen LogP) is -0.247. The third-order valence-electron chi connectivity index (χ3n) is 2.47. The molecule has 4 heteroatoms. The van der Waals surface area contributed by atoms with Crippen LogP contribution in [0.3, 0.4) is 0 Å². The van der Waals surface area contributed by atoms with E-state index in [-0.39, 0.29) is 11.9 Å². The van der Waals surface area contributed by atoms with Gasteiger partial charge in [0.05, 0.1) is 18.2 Å². The zero-order valence-corrected chi connectivity index (χ0v) is 7.99. The predicted molar refractivity (Wildman–Crippen MR) is 50.1 cm³/mol. The third kappa shape index (κ3) is 2.97. The Morgan fingerprint density at radius 3 is 2.69 bits per heavy atom. The minimum atomic E-state index is -0.492. The lowest BCUT2D eigenvalue weighted by Gasteiger charge is -2.28. The fourth-order valence-corrected chi connectivity index (χ4v) is 1.59. The van der Waals surface area contributed by atoms with Crippen LogP contribution in [0, 0.1) is 0 Å². The average Bonchev–Trinajstić information content (AvgIpc) is 2.08. The van der Waals surface area contributed by atoms with E-state index in [0.717, 1.165) is 25.7 Å². The molecule has 1 saturated carbocycles. The van der Waals surface area contributed by atoms with Crippen LogP contribution in [-0.4, -0.2) is 29.2 Å². The van der Waals surface area contributed by atoms with Crippen molar-refractivity contribution in [3.05, 3.63) is 0 Å². The van der Waals surface area contributed by atoms with Gasteiger partial charge in [0.15, 0.2) is 0 Å². The first-order valence-corrected chi connectivity index (χ1v) is 4.85. The highest BCUT2D eigenvalue weighted by Crippen LogP contribution is 2.18. The van der Waals surface area contributed by atoms with Crippen LogP contribution in [0.2, 0.25) is 0 Å². The summed E-state index contributed by atoms with van der Waals surface area (Å²) in [5.74, 6) is -0.175. The lowest BCUT2D eigenvalue weighted by atomic mass is 9.92. The molecular weight excluding hydrogens is 168 g/mol. The van der Waals surface area contributed by atoms with E-state index in [1.54, 1.807) is 6.92 Å². The van der Waals surface area contributed by atoms with Crippen molar-refractivity contribution in [1.82, 2.24) is 5.32 Å². The summed E-state index contributed by atoms with van der Waals surface area (Å²) in [6, 6.07) is -0.582. The maximum atomic E-state index is 11.2. The van der Waals surface area contributed by atoms with Gasteiger partial charge in [0.25, 0.3) is 0 Å². The van der Waals surface area contributed by atoms with E-state index in [2.05, 4.69) is 5.32 Å². The van der Waals surface area contributed by atoms with Crippen molar-refractivity contribution in [2.45, 2.75) is 50.8 Å². The number of hydrogen-bond donors (Lipinski definition) is 3. The van der Waals surface area contributed by atoms with Gasteiger partial charge in [-0.3, -0.25) is 4.79 Å². The van der Waals surface area contributed by atoms with Gasteiger partial charge in [0, 0.05) is 0 Å². The van der Waals surface area contributed by atoms with Gasteiger partial charge in [0.1, 0.15) is 0 Å². The normalized spacial score (nSPS) is 31.0. The van der Waals surface area contributed by atoms with E-state index < -0.39 is 12.1 Å². The maximum Gasteiger partial charge on any atom is 0.236 e. The molecule has 0 radical (unpaired) electrons. The molecule has 0 aromatic carbocycles. The lowest BCUT2D eigenvalue weighted by Crippen LogP contribution is -2.49. The summed E-state index contributed by atoms with van der Waals surface area (Å²) in [6.07, 6.45) is 3.37. The highest BCUT2D eigenvalue weighted by molar-refractivity contribution is 5.81. The Labute approximate surface area is 78.5 Å². The van der Waals surface area contributed by atoms with Gasteiger partial charge in [-0.05, 0) is 19.8 Å². The third-order valence-corrected chi connectivity index (χ3v) is 2.47. The second-order valence-corrected chi connectivity index (χ2v) is 3.76. The molecule has 1 aliphatic rings. The summed E-state index contributed by atoms with van der Waals surface area (Å²) in [4.78, 5) is 11.2. The Hall–Kier alpha value is -0.610. The zero-order valence-electron chi connectivity index (χ0n) is 7.99. The van der Waals surface area contributed by atoms with E-state index in [4.69, 9.17) is 5.73 Å². The van der Waals surface area contributed by atoms with Crippen LogP contribution in [0.1, 0.15) is 32.6 Å². The molecule has 4 N–H and O–H groups in total. The Kier molecular flexibility index (Phi) is 3.69. The van der Waals surface area contributed by atoms with Crippen molar-refractivity contribution in [1.29, 1.82) is 0 Å². The van der Waals surface area contributed by atoms with Gasteiger partial charge in [-0.25, -0.2) is 0 Å². The minimum absolute atomic E-state index is 0.0905. The van der Waals surface area contributed by atoms with Crippen molar-refractivity contribution in [3.63, 3.8) is 0 Å². The smallest absolute Gasteiger partial charge is 0.236 e. The quantitative estimate of drug-likeness (QED) is 0.557. The monoisotopic (exact) mass is 186 g/mol. The Bertz CT molecular complexity index is 182. The minimum Gasteiger partial charge on any atom is -0.391 e. The van der Waals surface area contributed by atoms with Crippen LogP contribution in [0.25, 0.3) is 0 Å². The van der Waals surface area contributed by atoms with Gasteiger partial charge in [-0.15, -0.1) is 0 Å². The van der Waals surface area contributed by atoms with Gasteiger partial charge in [0.2, 0.25) is 5.91 Å². The van der Waals surface area contributed by atoms with Crippen LogP contribution >= 0.6 is 0 Å². The van der Waals surface area contributed by atoms with Crippen molar-refractivity contribution < 1.29 is 9.90 Å². The van der Waals surface area contributed by atoms with Crippen LogP contribution in [-0.2, 0) is 4.79 Å². The molecule has 0 heterocycles. The second-order valence-electron chi connectivity index (χ2n) is 3.76. The Morgan fingerprint density at radius 1 is 1.54 bits per heavy atom. The SMILES string of the molecule is C[C@H](N)C(=O)NC1CCCCC1O. The molecule has 0 spiro atoms. The first-order chi connectivity index (χ1) is 6.11. The molecule has 1 aliphatic carbocycles. The number of carbonyl (C=O) groups is 1. The molecule has 0 aromatic heterocycles. The molecule has 1 rings (SSSR count). The van der Waals surface area contributed by atoms with Crippen molar-refractivity contribution in [3.8, 4) is 0 Å². The summed E-state index contributed by atoms with van der Waals surface area (Å²) in [5, 5.41) is 12.3. The number of amides is 1. The summed E-state index contributed by atoms with van der Waals surface area (Å²) < 4.78 is 0. The summed E-state index contributed by atoms with van der Waals surface area (Å²) in [6.45, 7) is 1.64. The maximum absolute atomic E-state index is 11.2. The first kappa shape index (κ1) is 10.5. The van der Waals surface area contributed by atoms with Gasteiger partial charge in [-0.2, -0.15) is 0 Å². The van der Waals surface area contributed by atoms with Gasteiger partial charge in [-0.1, -0.05) is 12.8 Å². The number of aliphatic hydroxyl groups excluding tert-OH is 1. The van der Waals surface area contributed by atoms with Crippen molar-refractivity contribution in [2.75, 3.05) is 0 Å². The average molecular weight is 186 g/mol. The standard InChI is InChI=1S/C9H18N2O2/c1-6(10)9(13)11-7-4-2-3-5-8(7)12/h6-8,12H,2-5,10H2,1H3,(H,11,13)/t6-,7?,8?/m0/s1. The number of hydrogen-bond acceptors (Lipinski definition) is 3. The fourth-order valence-electron chi connectivity index (χ4n) is 1.59. The first-order valence-electron chi connectivity index (χ1n) is 4.85. The molecule has 0 saturated heterocycles. The second kappa shape index (κ2) is 4.58. The molecule has 2 unspecified atom stereocenters. The molecule has 76 valence electrons. The molecule has 0 bridgehead atoms. The number of rotatable bonds is 2. The highest BCUT2D eigenvalue weighted by atomic mass is 16.3. The Morgan fingerprint density at radius 2 is 2.15 bits per heavy atom. The van der Waals surface area contributed by atoms with Crippen LogP contribution in [0.15, 0.2) is 0 Å². The van der Waals surface area contributed by atoms with Crippen molar-refractivity contribution >= 4 is 5.91 Å². The topological polar surface area (TPSA) is 75.4 Å². The van der Waals surface area contributed by atoms with Gasteiger partial charge >= 0.3 is 0 Å². The van der Waals surface area contributed by atoms with E-state index in [0.29, 0.717) is 0 Å². The molecule has 4 nitrogen and oxygen atoms in total. The van der Waals surface area contributed by atoms with Crippen LogP contribution in [0.4, 0.5) is 0 Å². The number of nitrogens with one attached hydrogen (secondary N) is 1. The molecular formula is C9H18N2O2. The van der Waals surface area contributed by atoms with E-state index >= 15 is 0 Å². The lowest BCUT2D eigenvalue weighted by molar-refractivity contribution is -0.123. The highest BCUT2D eigenvalue weighted by Gasteiger charge is 2.24. The van der Waals surface area contributed by atoms with E-state index in [9.17, 15) is 9.90 Å². The number of carbonyl (C=O) groups excluding carboxylic acids is 1. The molecule has 0 aliphatic heterocycles. The van der Waals surface area contributed by atoms with E-state index in [1.165, 1.54) is 0 Å². The summed E-state index contributed by atoms with van der Waals surface area (Å²) >= 11 is 0. The zero-order chi connectivity index (χ0) is 9.84. The summed E-state index contributed by atoms with van der Waals surface area (Å²) in [5.41, 5.74) is 5.40. The van der Waals surface area contributed by atoms with Crippen molar-refractivity contribution in [2.24, 2.45) is 5.73 Å². The Balaban J connectivity index is 2.38.